The number of hydrogen-bond donors (Lipinski definition) is 1. The van der Waals surface area contributed by atoms with Gasteiger partial charge in [-0.25, -0.2) is 4.98 Å². The maximum atomic E-state index is 6.08. The highest BCUT2D eigenvalue weighted by Gasteiger charge is 2.04. The van der Waals surface area contributed by atoms with Crippen LogP contribution in [0.25, 0.3) is 0 Å². The van der Waals surface area contributed by atoms with Gasteiger partial charge in [-0.15, -0.1) is 0 Å². The zero-order valence-corrected chi connectivity index (χ0v) is 10.0. The van der Waals surface area contributed by atoms with Crippen molar-refractivity contribution in [1.82, 2.24) is 9.97 Å². The van der Waals surface area contributed by atoms with Gasteiger partial charge in [-0.3, -0.25) is 0 Å². The third-order valence-corrected chi connectivity index (χ3v) is 2.96. The molecule has 3 nitrogen and oxygen atoms in total. The SMILES string of the molecule is Cc1cc(OCc2cnc[nH]2)cc(C)c1Cl. The number of aryl methyl sites for hydroxylation is 2. The highest BCUT2D eigenvalue weighted by atomic mass is 35.5. The molecule has 0 atom stereocenters. The van der Waals surface area contributed by atoms with E-state index >= 15 is 0 Å². The van der Waals surface area contributed by atoms with Crippen molar-refractivity contribution < 1.29 is 4.74 Å². The Hall–Kier alpha value is -1.48. The van der Waals surface area contributed by atoms with Crippen molar-refractivity contribution >= 4 is 11.6 Å². The fourth-order valence-electron chi connectivity index (χ4n) is 1.51. The molecule has 1 N–H and O–H groups in total. The summed E-state index contributed by atoms with van der Waals surface area (Å²) in [6, 6.07) is 3.87. The molecule has 0 bridgehead atoms. The highest BCUT2D eigenvalue weighted by molar-refractivity contribution is 6.32. The molecular formula is C12H13ClN2O. The highest BCUT2D eigenvalue weighted by Crippen LogP contribution is 2.26. The molecule has 1 heterocycles. The van der Waals surface area contributed by atoms with Gasteiger partial charge in [-0.1, -0.05) is 11.6 Å². The van der Waals surface area contributed by atoms with Crippen molar-refractivity contribution in [1.29, 1.82) is 0 Å². The van der Waals surface area contributed by atoms with Gasteiger partial charge in [0.25, 0.3) is 0 Å². The van der Waals surface area contributed by atoms with E-state index in [1.54, 1.807) is 12.5 Å². The van der Waals surface area contributed by atoms with Crippen LogP contribution in [0.5, 0.6) is 5.75 Å². The van der Waals surface area contributed by atoms with Crippen molar-refractivity contribution in [3.05, 3.63) is 46.5 Å². The van der Waals surface area contributed by atoms with Crippen LogP contribution in [0.2, 0.25) is 5.02 Å². The third kappa shape index (κ3) is 2.36. The summed E-state index contributed by atoms with van der Waals surface area (Å²) < 4.78 is 5.64. The zero-order chi connectivity index (χ0) is 11.5. The van der Waals surface area contributed by atoms with Crippen LogP contribution in [0.1, 0.15) is 16.8 Å². The Morgan fingerprint density at radius 1 is 1.31 bits per heavy atom. The Balaban J connectivity index is 2.10. The Kier molecular flexibility index (Phi) is 3.15. The molecule has 2 aromatic rings. The van der Waals surface area contributed by atoms with E-state index in [1.807, 2.05) is 26.0 Å². The number of ether oxygens (including phenoxy) is 1. The molecule has 0 saturated heterocycles. The lowest BCUT2D eigenvalue weighted by atomic mass is 10.1. The smallest absolute Gasteiger partial charge is 0.130 e. The van der Waals surface area contributed by atoms with Crippen LogP contribution in [-0.4, -0.2) is 9.97 Å². The first kappa shape index (κ1) is 11.0. The van der Waals surface area contributed by atoms with E-state index in [9.17, 15) is 0 Å². The van der Waals surface area contributed by atoms with E-state index in [2.05, 4.69) is 9.97 Å². The molecule has 4 heteroatoms. The second-order valence-corrected chi connectivity index (χ2v) is 4.11. The summed E-state index contributed by atoms with van der Waals surface area (Å²) in [6.45, 7) is 4.43. The number of nitrogens with one attached hydrogen (secondary N) is 1. The van der Waals surface area contributed by atoms with Gasteiger partial charge < -0.3 is 9.72 Å². The molecule has 0 fully saturated rings. The molecule has 0 spiro atoms. The molecule has 1 aromatic carbocycles. The van der Waals surface area contributed by atoms with Crippen molar-refractivity contribution in [3.8, 4) is 5.75 Å². The van der Waals surface area contributed by atoms with Gasteiger partial charge in [0.2, 0.25) is 0 Å². The molecule has 0 aliphatic carbocycles. The fraction of sp³-hybridized carbons (Fsp3) is 0.250. The lowest BCUT2D eigenvalue weighted by molar-refractivity contribution is 0.301. The van der Waals surface area contributed by atoms with Crippen LogP contribution in [0.4, 0.5) is 0 Å². The Morgan fingerprint density at radius 2 is 2.00 bits per heavy atom. The van der Waals surface area contributed by atoms with Crippen molar-refractivity contribution in [2.45, 2.75) is 20.5 Å². The lowest BCUT2D eigenvalue weighted by Crippen LogP contribution is -1.96. The van der Waals surface area contributed by atoms with Gasteiger partial charge in [0.15, 0.2) is 0 Å². The standard InChI is InChI=1S/C12H13ClN2O/c1-8-3-11(4-9(2)12(8)13)16-6-10-5-14-7-15-10/h3-5,7H,6H2,1-2H3,(H,14,15). The maximum absolute atomic E-state index is 6.08. The topological polar surface area (TPSA) is 37.9 Å². The minimum absolute atomic E-state index is 0.487. The second-order valence-electron chi connectivity index (χ2n) is 3.74. The van der Waals surface area contributed by atoms with Crippen LogP contribution >= 0.6 is 11.6 Å². The zero-order valence-electron chi connectivity index (χ0n) is 9.25. The number of aromatic nitrogens is 2. The van der Waals surface area contributed by atoms with E-state index < -0.39 is 0 Å². The first-order valence-corrected chi connectivity index (χ1v) is 5.41. The lowest BCUT2D eigenvalue weighted by Gasteiger charge is -2.08. The first-order chi connectivity index (χ1) is 7.66. The summed E-state index contributed by atoms with van der Waals surface area (Å²) in [4.78, 5) is 6.91. The summed E-state index contributed by atoms with van der Waals surface area (Å²) in [5, 5.41) is 0.800. The minimum Gasteiger partial charge on any atom is -0.487 e. The van der Waals surface area contributed by atoms with E-state index in [4.69, 9.17) is 16.3 Å². The number of halogens is 1. The van der Waals surface area contributed by atoms with E-state index in [1.165, 1.54) is 0 Å². The molecule has 16 heavy (non-hydrogen) atoms. The van der Waals surface area contributed by atoms with Crippen molar-refractivity contribution in [2.75, 3.05) is 0 Å². The summed E-state index contributed by atoms with van der Waals surface area (Å²) in [7, 11) is 0. The Labute approximate surface area is 99.4 Å². The van der Waals surface area contributed by atoms with Crippen LogP contribution in [-0.2, 0) is 6.61 Å². The maximum Gasteiger partial charge on any atom is 0.130 e. The summed E-state index contributed by atoms with van der Waals surface area (Å²) in [5.41, 5.74) is 3.01. The number of hydrogen-bond acceptors (Lipinski definition) is 2. The number of nitrogens with zero attached hydrogens (tertiary/aromatic N) is 1. The molecule has 2 rings (SSSR count). The van der Waals surface area contributed by atoms with E-state index in [-0.39, 0.29) is 0 Å². The summed E-state index contributed by atoms with van der Waals surface area (Å²) in [5.74, 6) is 0.828. The predicted molar refractivity (Wildman–Crippen MR) is 63.8 cm³/mol. The Morgan fingerprint density at radius 3 is 2.56 bits per heavy atom. The normalized spacial score (nSPS) is 10.4. The number of rotatable bonds is 3. The van der Waals surface area contributed by atoms with Crippen LogP contribution in [0, 0.1) is 13.8 Å². The molecule has 0 radical (unpaired) electrons. The van der Waals surface area contributed by atoms with E-state index in [0.29, 0.717) is 6.61 Å². The molecule has 0 saturated carbocycles. The molecular weight excluding hydrogens is 224 g/mol. The van der Waals surface area contributed by atoms with Gasteiger partial charge in [0, 0.05) is 5.02 Å². The molecule has 0 aliphatic heterocycles. The van der Waals surface area contributed by atoms with Crippen molar-refractivity contribution in [2.24, 2.45) is 0 Å². The van der Waals surface area contributed by atoms with Crippen LogP contribution in [0.3, 0.4) is 0 Å². The number of H-pyrrole nitrogens is 1. The summed E-state index contributed by atoms with van der Waals surface area (Å²) >= 11 is 6.08. The second kappa shape index (κ2) is 4.58. The molecule has 0 unspecified atom stereocenters. The first-order valence-electron chi connectivity index (χ1n) is 5.03. The number of aromatic amines is 1. The largest absolute Gasteiger partial charge is 0.487 e. The average molecular weight is 237 g/mol. The molecule has 84 valence electrons. The predicted octanol–water partition coefficient (Wildman–Crippen LogP) is 3.26. The van der Waals surface area contributed by atoms with Crippen molar-refractivity contribution in [3.63, 3.8) is 0 Å². The van der Waals surface area contributed by atoms with E-state index in [0.717, 1.165) is 27.6 Å². The summed E-state index contributed by atoms with van der Waals surface area (Å²) in [6.07, 6.45) is 3.38. The number of imidazole rings is 1. The van der Waals surface area contributed by atoms with Crippen LogP contribution in [0.15, 0.2) is 24.7 Å². The number of benzene rings is 1. The average Bonchev–Trinajstić information content (AvgIpc) is 2.75. The minimum atomic E-state index is 0.487. The van der Waals surface area contributed by atoms with Gasteiger partial charge in [-0.05, 0) is 37.1 Å². The van der Waals surface area contributed by atoms with Gasteiger partial charge in [0.05, 0.1) is 18.2 Å². The molecule has 0 aliphatic rings. The van der Waals surface area contributed by atoms with Gasteiger partial charge in [0.1, 0.15) is 12.4 Å². The van der Waals surface area contributed by atoms with Gasteiger partial charge >= 0.3 is 0 Å². The van der Waals surface area contributed by atoms with Gasteiger partial charge in [-0.2, -0.15) is 0 Å². The fourth-order valence-corrected chi connectivity index (χ4v) is 1.62. The molecule has 0 amide bonds. The Bertz CT molecular complexity index is 457. The molecule has 1 aromatic heterocycles. The third-order valence-electron chi connectivity index (χ3n) is 2.36. The monoisotopic (exact) mass is 236 g/mol. The quantitative estimate of drug-likeness (QED) is 0.888. The van der Waals surface area contributed by atoms with Crippen LogP contribution < -0.4 is 4.74 Å².